The van der Waals surface area contributed by atoms with Crippen LogP contribution in [0.2, 0.25) is 0 Å². The van der Waals surface area contributed by atoms with Crippen molar-refractivity contribution in [3.63, 3.8) is 0 Å². The van der Waals surface area contributed by atoms with E-state index in [-0.39, 0.29) is 12.5 Å². The van der Waals surface area contributed by atoms with Crippen molar-refractivity contribution in [1.82, 2.24) is 9.78 Å². The number of carbonyl (C=O) groups is 1. The molecule has 0 aliphatic rings. The Hall–Kier alpha value is -3.90. The van der Waals surface area contributed by atoms with Gasteiger partial charge in [0.05, 0.1) is 12.7 Å². The van der Waals surface area contributed by atoms with Gasteiger partial charge < -0.3 is 16.4 Å². The molecule has 4 aromatic rings. The van der Waals surface area contributed by atoms with Gasteiger partial charge in [-0.2, -0.15) is 5.10 Å². The van der Waals surface area contributed by atoms with E-state index in [2.05, 4.69) is 52.1 Å². The maximum absolute atomic E-state index is 12.0. The van der Waals surface area contributed by atoms with E-state index in [4.69, 9.17) is 5.73 Å². The van der Waals surface area contributed by atoms with Gasteiger partial charge in [0.2, 0.25) is 5.91 Å². The number of carbonyl (C=O) groups excluding carboxylic acids is 1. The van der Waals surface area contributed by atoms with Crippen LogP contribution in [0.25, 0.3) is 0 Å². The molecule has 0 fully saturated rings. The average molecular weight is 412 g/mol. The van der Waals surface area contributed by atoms with Crippen molar-refractivity contribution in [3.05, 3.63) is 114 Å². The molecule has 0 aliphatic carbocycles. The van der Waals surface area contributed by atoms with Crippen LogP contribution in [0.3, 0.4) is 0 Å². The largest absolute Gasteiger partial charge is 0.351 e. The lowest BCUT2D eigenvalue weighted by molar-refractivity contribution is -0.114. The van der Waals surface area contributed by atoms with Crippen LogP contribution in [-0.4, -0.2) is 22.2 Å². The van der Waals surface area contributed by atoms with Crippen molar-refractivity contribution in [3.8, 4) is 0 Å². The molecule has 1 amide bonds. The van der Waals surface area contributed by atoms with Gasteiger partial charge in [-0.3, -0.25) is 9.48 Å². The minimum absolute atomic E-state index is 0.102. The predicted octanol–water partition coefficient (Wildman–Crippen LogP) is 3.72. The molecule has 4 rings (SSSR count). The van der Waals surface area contributed by atoms with Crippen LogP contribution in [0.5, 0.6) is 0 Å². The molecular formula is C25H25N5O. The Morgan fingerprint density at radius 2 is 1.32 bits per heavy atom. The van der Waals surface area contributed by atoms with E-state index in [1.165, 1.54) is 0 Å². The first-order chi connectivity index (χ1) is 15.1. The number of amides is 1. The molecule has 0 radical (unpaired) electrons. The lowest BCUT2D eigenvalue weighted by atomic mass is 9.77. The third-order valence-corrected chi connectivity index (χ3v) is 5.32. The van der Waals surface area contributed by atoms with Crippen molar-refractivity contribution < 1.29 is 4.79 Å². The number of aryl methyl sites for hydroxylation is 1. The van der Waals surface area contributed by atoms with E-state index < -0.39 is 5.54 Å². The molecule has 0 bridgehead atoms. The average Bonchev–Trinajstić information content (AvgIpc) is 3.17. The standard InChI is InChI=1S/C25H25N5O/c1-30-24(22(18-27-30)28-23(31)17-26)29-25(19-11-5-2-6-12-19,20-13-7-3-8-14-20)21-15-9-4-10-16-21/h2-16,18,29H,17,26H2,1H3,(H,28,31). The minimum Gasteiger partial charge on any atom is -0.351 e. The summed E-state index contributed by atoms with van der Waals surface area (Å²) in [6.07, 6.45) is 1.63. The minimum atomic E-state index is -0.722. The Kier molecular flexibility index (Phi) is 5.82. The van der Waals surface area contributed by atoms with Crippen molar-refractivity contribution in [2.75, 3.05) is 17.2 Å². The van der Waals surface area contributed by atoms with Crippen molar-refractivity contribution in [1.29, 1.82) is 0 Å². The molecule has 3 aromatic carbocycles. The molecular weight excluding hydrogens is 386 g/mol. The topological polar surface area (TPSA) is 85.0 Å². The maximum Gasteiger partial charge on any atom is 0.238 e. The second-order valence-corrected chi connectivity index (χ2v) is 7.26. The molecule has 31 heavy (non-hydrogen) atoms. The molecule has 156 valence electrons. The van der Waals surface area contributed by atoms with Gasteiger partial charge in [0.25, 0.3) is 0 Å². The lowest BCUT2D eigenvalue weighted by Gasteiger charge is -2.38. The smallest absolute Gasteiger partial charge is 0.238 e. The van der Waals surface area contributed by atoms with E-state index >= 15 is 0 Å². The maximum atomic E-state index is 12.0. The van der Waals surface area contributed by atoms with Gasteiger partial charge in [0.1, 0.15) is 17.0 Å². The van der Waals surface area contributed by atoms with Crippen LogP contribution < -0.4 is 16.4 Å². The fourth-order valence-electron chi connectivity index (χ4n) is 3.84. The highest BCUT2D eigenvalue weighted by atomic mass is 16.1. The van der Waals surface area contributed by atoms with Gasteiger partial charge in [-0.15, -0.1) is 0 Å². The van der Waals surface area contributed by atoms with Gasteiger partial charge in [-0.05, 0) is 16.7 Å². The highest BCUT2D eigenvalue weighted by Crippen LogP contribution is 2.41. The molecule has 6 nitrogen and oxygen atoms in total. The van der Waals surface area contributed by atoms with E-state index in [0.717, 1.165) is 16.7 Å². The summed E-state index contributed by atoms with van der Waals surface area (Å²) in [5.74, 6) is 0.402. The molecule has 4 N–H and O–H groups in total. The molecule has 0 aliphatic heterocycles. The van der Waals surface area contributed by atoms with Crippen LogP contribution in [0, 0.1) is 0 Å². The van der Waals surface area contributed by atoms with Crippen molar-refractivity contribution in [2.45, 2.75) is 5.54 Å². The highest BCUT2D eigenvalue weighted by Gasteiger charge is 2.37. The van der Waals surface area contributed by atoms with Crippen molar-refractivity contribution in [2.24, 2.45) is 12.8 Å². The molecule has 6 heteroatoms. The zero-order valence-electron chi connectivity index (χ0n) is 17.3. The van der Waals surface area contributed by atoms with Crippen LogP contribution in [0.15, 0.2) is 97.2 Å². The van der Waals surface area contributed by atoms with Gasteiger partial charge in [-0.1, -0.05) is 91.0 Å². The molecule has 0 saturated heterocycles. The van der Waals surface area contributed by atoms with Crippen LogP contribution in [0.1, 0.15) is 16.7 Å². The third kappa shape index (κ3) is 3.93. The van der Waals surface area contributed by atoms with Gasteiger partial charge in [-0.25, -0.2) is 0 Å². The molecule has 1 aromatic heterocycles. The molecule has 1 heterocycles. The first-order valence-electron chi connectivity index (χ1n) is 10.1. The monoisotopic (exact) mass is 411 g/mol. The second-order valence-electron chi connectivity index (χ2n) is 7.26. The van der Waals surface area contributed by atoms with Crippen molar-refractivity contribution >= 4 is 17.4 Å². The van der Waals surface area contributed by atoms with E-state index in [1.54, 1.807) is 10.9 Å². The van der Waals surface area contributed by atoms with Gasteiger partial charge in [0.15, 0.2) is 0 Å². The molecule has 0 unspecified atom stereocenters. The summed E-state index contributed by atoms with van der Waals surface area (Å²) < 4.78 is 1.72. The lowest BCUT2D eigenvalue weighted by Crippen LogP contribution is -2.39. The highest BCUT2D eigenvalue weighted by molar-refractivity contribution is 5.94. The summed E-state index contributed by atoms with van der Waals surface area (Å²) in [4.78, 5) is 12.0. The Bertz CT molecular complexity index is 1040. The van der Waals surface area contributed by atoms with E-state index in [9.17, 15) is 4.79 Å². The Balaban J connectivity index is 1.96. The number of nitrogens with two attached hydrogens (primary N) is 1. The number of anilines is 2. The third-order valence-electron chi connectivity index (χ3n) is 5.32. The first kappa shape index (κ1) is 20.4. The fraction of sp³-hybridized carbons (Fsp3) is 0.120. The molecule has 0 saturated carbocycles. The second kappa shape index (κ2) is 8.85. The van der Waals surface area contributed by atoms with Gasteiger partial charge >= 0.3 is 0 Å². The molecule has 0 atom stereocenters. The summed E-state index contributed by atoms with van der Waals surface area (Å²) in [7, 11) is 1.84. The van der Waals surface area contributed by atoms with Crippen LogP contribution in [-0.2, 0) is 17.4 Å². The number of rotatable bonds is 7. The number of hydrogen-bond donors (Lipinski definition) is 3. The zero-order valence-corrected chi connectivity index (χ0v) is 17.3. The quantitative estimate of drug-likeness (QED) is 0.405. The van der Waals surface area contributed by atoms with Gasteiger partial charge in [0, 0.05) is 7.05 Å². The SMILES string of the molecule is Cn1ncc(NC(=O)CN)c1NC(c1ccccc1)(c1ccccc1)c1ccccc1. The van der Waals surface area contributed by atoms with E-state index in [1.807, 2.05) is 61.6 Å². The summed E-state index contributed by atoms with van der Waals surface area (Å²) in [5.41, 5.74) is 8.55. The summed E-state index contributed by atoms with van der Waals surface area (Å²) in [6, 6.07) is 30.8. The number of aromatic nitrogens is 2. The van der Waals surface area contributed by atoms with E-state index in [0.29, 0.717) is 11.5 Å². The van der Waals surface area contributed by atoms with Crippen LogP contribution >= 0.6 is 0 Å². The number of nitrogens with one attached hydrogen (secondary N) is 2. The Morgan fingerprint density at radius 1 is 0.871 bits per heavy atom. The number of hydrogen-bond acceptors (Lipinski definition) is 4. The number of benzene rings is 3. The Morgan fingerprint density at radius 3 is 1.74 bits per heavy atom. The predicted molar refractivity (Wildman–Crippen MR) is 124 cm³/mol. The normalized spacial score (nSPS) is 11.2. The summed E-state index contributed by atoms with van der Waals surface area (Å²) in [6.45, 7) is -0.102. The molecule has 0 spiro atoms. The summed E-state index contributed by atoms with van der Waals surface area (Å²) >= 11 is 0. The fourth-order valence-corrected chi connectivity index (χ4v) is 3.84. The number of nitrogens with zero attached hydrogens (tertiary/aromatic N) is 2. The summed E-state index contributed by atoms with van der Waals surface area (Å²) in [5, 5.41) is 10.9. The van der Waals surface area contributed by atoms with Crippen LogP contribution in [0.4, 0.5) is 11.5 Å². The first-order valence-corrected chi connectivity index (χ1v) is 10.1. The Labute approximate surface area is 181 Å². The zero-order chi connectivity index (χ0) is 21.7.